The third-order valence-electron chi connectivity index (χ3n) is 3.53. The minimum absolute atomic E-state index is 0.00287. The second kappa shape index (κ2) is 7.68. The van der Waals surface area contributed by atoms with Crippen LogP contribution in [0.2, 0.25) is 0 Å². The van der Waals surface area contributed by atoms with Crippen LogP contribution in [0.5, 0.6) is 0 Å². The van der Waals surface area contributed by atoms with Crippen LogP contribution in [-0.4, -0.2) is 23.4 Å². The number of hydrogen-bond acceptors (Lipinski definition) is 7. The van der Waals surface area contributed by atoms with Crippen LogP contribution in [-0.2, 0) is 14.3 Å². The van der Waals surface area contributed by atoms with E-state index in [4.69, 9.17) is 26.8 Å². The van der Waals surface area contributed by atoms with E-state index < -0.39 is 16.8 Å². The van der Waals surface area contributed by atoms with Gasteiger partial charge in [-0.1, -0.05) is 12.1 Å². The summed E-state index contributed by atoms with van der Waals surface area (Å²) in [7, 11) is 0. The highest BCUT2D eigenvalue weighted by molar-refractivity contribution is 6.19. The monoisotopic (exact) mass is 363 g/mol. The van der Waals surface area contributed by atoms with Gasteiger partial charge in [0.25, 0.3) is 5.69 Å². The van der Waals surface area contributed by atoms with Gasteiger partial charge in [-0.2, -0.15) is 5.26 Å². The second-order valence-electron chi connectivity index (χ2n) is 4.97. The Bertz CT molecular complexity index is 825. The zero-order chi connectivity index (χ0) is 18.6. The Balaban J connectivity index is 2.69. The molecule has 8 nitrogen and oxygen atoms in total. The molecule has 130 valence electrons. The molecule has 0 aromatic heterocycles. The van der Waals surface area contributed by atoms with Crippen molar-refractivity contribution in [2.24, 2.45) is 5.73 Å². The Morgan fingerprint density at radius 1 is 1.56 bits per heavy atom. The summed E-state index contributed by atoms with van der Waals surface area (Å²) in [5.41, 5.74) is 5.88. The fourth-order valence-corrected chi connectivity index (χ4v) is 2.70. The lowest BCUT2D eigenvalue weighted by atomic mass is 9.83. The summed E-state index contributed by atoms with van der Waals surface area (Å²) in [5, 5.41) is 20.5. The Kier molecular flexibility index (Phi) is 5.62. The first-order valence-corrected chi connectivity index (χ1v) is 7.76. The average Bonchev–Trinajstić information content (AvgIpc) is 2.60. The molecule has 1 heterocycles. The third kappa shape index (κ3) is 3.56. The molecule has 0 radical (unpaired) electrons. The number of ether oxygens (including phenoxy) is 2. The minimum Gasteiger partial charge on any atom is -0.463 e. The van der Waals surface area contributed by atoms with Crippen LogP contribution in [0.1, 0.15) is 18.4 Å². The van der Waals surface area contributed by atoms with E-state index in [1.54, 1.807) is 13.0 Å². The van der Waals surface area contributed by atoms with Crippen LogP contribution in [0.15, 0.2) is 47.1 Å². The molecule has 0 spiro atoms. The van der Waals surface area contributed by atoms with E-state index in [1.807, 2.05) is 6.07 Å². The first kappa shape index (κ1) is 18.3. The number of benzene rings is 1. The number of nitro benzene ring substituents is 1. The van der Waals surface area contributed by atoms with Crippen molar-refractivity contribution in [2.45, 2.75) is 12.8 Å². The number of carbonyl (C=O) groups is 1. The number of nitriles is 1. The summed E-state index contributed by atoms with van der Waals surface area (Å²) in [5.74, 6) is -2.03. The van der Waals surface area contributed by atoms with Gasteiger partial charge < -0.3 is 15.2 Å². The second-order valence-corrected chi connectivity index (χ2v) is 5.24. The van der Waals surface area contributed by atoms with Crippen molar-refractivity contribution in [1.82, 2.24) is 0 Å². The van der Waals surface area contributed by atoms with Crippen LogP contribution in [0.4, 0.5) is 5.69 Å². The molecular formula is C16H14ClN3O5. The molecule has 1 aromatic carbocycles. The van der Waals surface area contributed by atoms with Gasteiger partial charge in [0.15, 0.2) is 0 Å². The number of carbonyl (C=O) groups excluding carboxylic acids is 1. The molecular weight excluding hydrogens is 350 g/mol. The van der Waals surface area contributed by atoms with E-state index in [0.29, 0.717) is 5.56 Å². The van der Waals surface area contributed by atoms with E-state index in [2.05, 4.69) is 0 Å². The van der Waals surface area contributed by atoms with Gasteiger partial charge in [0, 0.05) is 12.1 Å². The molecule has 9 heteroatoms. The smallest absolute Gasteiger partial charge is 0.338 e. The molecule has 0 amide bonds. The zero-order valence-electron chi connectivity index (χ0n) is 13.2. The predicted molar refractivity (Wildman–Crippen MR) is 88.1 cm³/mol. The van der Waals surface area contributed by atoms with Crippen molar-refractivity contribution >= 4 is 23.3 Å². The maximum absolute atomic E-state index is 12.4. The van der Waals surface area contributed by atoms with Crippen molar-refractivity contribution < 1.29 is 19.2 Å². The summed E-state index contributed by atoms with van der Waals surface area (Å²) in [4.78, 5) is 22.9. The standard InChI is InChI=1S/C16H14ClN3O5/c1-2-24-16(21)14-12(7-17)25-15(19)11(8-18)13(14)9-4-3-5-10(6-9)20(22)23/h3-6,13H,2,7,19H2,1H3. The highest BCUT2D eigenvalue weighted by Crippen LogP contribution is 2.40. The number of rotatable bonds is 5. The fourth-order valence-electron chi connectivity index (χ4n) is 2.50. The Morgan fingerprint density at radius 3 is 2.84 bits per heavy atom. The van der Waals surface area contributed by atoms with Gasteiger partial charge in [-0.15, -0.1) is 11.6 Å². The minimum atomic E-state index is -0.966. The first-order chi connectivity index (χ1) is 11.9. The molecule has 1 aliphatic heterocycles. The van der Waals surface area contributed by atoms with Gasteiger partial charge in [-0.05, 0) is 12.5 Å². The molecule has 0 saturated heterocycles. The van der Waals surface area contributed by atoms with Crippen LogP contribution >= 0.6 is 11.6 Å². The highest BCUT2D eigenvalue weighted by atomic mass is 35.5. The van der Waals surface area contributed by atoms with E-state index in [0.717, 1.165) is 0 Å². The van der Waals surface area contributed by atoms with Crippen molar-refractivity contribution in [2.75, 3.05) is 12.5 Å². The molecule has 1 aliphatic rings. The number of alkyl halides is 1. The summed E-state index contributed by atoms with van der Waals surface area (Å²) < 4.78 is 10.3. The Labute approximate surface area is 148 Å². The first-order valence-electron chi connectivity index (χ1n) is 7.22. The number of hydrogen-bond donors (Lipinski definition) is 1. The molecule has 1 unspecified atom stereocenters. The number of halogens is 1. The van der Waals surface area contributed by atoms with Crippen LogP contribution < -0.4 is 5.73 Å². The normalized spacial score (nSPS) is 16.9. The fraction of sp³-hybridized carbons (Fsp3) is 0.250. The molecule has 25 heavy (non-hydrogen) atoms. The summed E-state index contributed by atoms with van der Waals surface area (Å²) in [6.07, 6.45) is 0. The molecule has 2 rings (SSSR count). The van der Waals surface area contributed by atoms with E-state index in [-0.39, 0.29) is 41.0 Å². The predicted octanol–water partition coefficient (Wildman–Crippen LogP) is 2.46. The molecule has 1 aromatic rings. The van der Waals surface area contributed by atoms with Gasteiger partial charge in [0.05, 0.1) is 28.9 Å². The molecule has 1 atom stereocenters. The lowest BCUT2D eigenvalue weighted by Gasteiger charge is -2.27. The molecule has 0 aliphatic carbocycles. The lowest BCUT2D eigenvalue weighted by Crippen LogP contribution is -2.26. The largest absolute Gasteiger partial charge is 0.463 e. The number of allylic oxidation sites excluding steroid dienone is 2. The van der Waals surface area contributed by atoms with Crippen LogP contribution in [0.25, 0.3) is 0 Å². The molecule has 0 fully saturated rings. The van der Waals surface area contributed by atoms with E-state index >= 15 is 0 Å². The summed E-state index contributed by atoms with van der Waals surface area (Å²) in [6.45, 7) is 1.72. The third-order valence-corrected chi connectivity index (χ3v) is 3.77. The maximum Gasteiger partial charge on any atom is 0.338 e. The Morgan fingerprint density at radius 2 is 2.28 bits per heavy atom. The molecule has 0 saturated carbocycles. The van der Waals surface area contributed by atoms with Crippen LogP contribution in [0, 0.1) is 21.4 Å². The van der Waals surface area contributed by atoms with Crippen molar-refractivity contribution in [3.8, 4) is 6.07 Å². The lowest BCUT2D eigenvalue weighted by molar-refractivity contribution is -0.384. The number of nitrogens with two attached hydrogens (primary N) is 1. The number of non-ortho nitro benzene ring substituents is 1. The average molecular weight is 364 g/mol. The van der Waals surface area contributed by atoms with Crippen molar-refractivity contribution in [1.29, 1.82) is 5.26 Å². The van der Waals surface area contributed by atoms with Gasteiger partial charge in [-0.25, -0.2) is 4.79 Å². The molecule has 2 N–H and O–H groups in total. The zero-order valence-corrected chi connectivity index (χ0v) is 13.9. The van der Waals surface area contributed by atoms with Crippen molar-refractivity contribution in [3.63, 3.8) is 0 Å². The number of nitro groups is 1. The van der Waals surface area contributed by atoms with Gasteiger partial charge in [0.2, 0.25) is 5.88 Å². The van der Waals surface area contributed by atoms with Gasteiger partial charge >= 0.3 is 5.97 Å². The topological polar surface area (TPSA) is 128 Å². The highest BCUT2D eigenvalue weighted by Gasteiger charge is 2.37. The van der Waals surface area contributed by atoms with Gasteiger partial charge in [-0.3, -0.25) is 10.1 Å². The number of esters is 1. The summed E-state index contributed by atoms with van der Waals surface area (Å²) >= 11 is 5.85. The quantitative estimate of drug-likeness (QED) is 0.368. The van der Waals surface area contributed by atoms with E-state index in [1.165, 1.54) is 18.2 Å². The SMILES string of the molecule is CCOC(=O)C1=C(CCl)OC(N)=C(C#N)C1c1cccc([N+](=O)[O-])c1. The van der Waals surface area contributed by atoms with Gasteiger partial charge in [0.1, 0.15) is 17.4 Å². The Hall–Kier alpha value is -3.05. The van der Waals surface area contributed by atoms with Crippen LogP contribution in [0.3, 0.4) is 0 Å². The molecule has 0 bridgehead atoms. The summed E-state index contributed by atoms with van der Waals surface area (Å²) in [6, 6.07) is 7.48. The number of nitrogens with zero attached hydrogens (tertiary/aromatic N) is 2. The van der Waals surface area contributed by atoms with E-state index in [9.17, 15) is 20.2 Å². The maximum atomic E-state index is 12.4. The van der Waals surface area contributed by atoms with Crippen molar-refractivity contribution in [3.05, 3.63) is 62.7 Å².